The number of carbonyl (C=O) groups is 2. The molecule has 4 N–H and O–H groups in total. The molecule has 0 spiro atoms. The lowest BCUT2D eigenvalue weighted by Crippen LogP contribution is -2.23. The number of rotatable bonds is 5. The van der Waals surface area contributed by atoms with Crippen molar-refractivity contribution >= 4 is 23.3 Å². The maximum atomic E-state index is 11.3. The maximum Gasteiger partial charge on any atom is 0.337 e. The zero-order chi connectivity index (χ0) is 13.7. The summed E-state index contributed by atoms with van der Waals surface area (Å²) in [4.78, 5) is 23.6. The molecule has 1 aromatic carbocycles. The van der Waals surface area contributed by atoms with Crippen molar-refractivity contribution in [1.29, 1.82) is 0 Å². The molecule has 0 aliphatic carbocycles. The number of carboxylic acid groups (broad SMARTS) is 1. The Morgan fingerprint density at radius 3 is 2.56 bits per heavy atom. The number of nitrogens with two attached hydrogens (primary N) is 1. The maximum absolute atomic E-state index is 11.3. The molecule has 0 fully saturated rings. The molecule has 0 heterocycles. The van der Waals surface area contributed by atoms with E-state index in [-0.39, 0.29) is 17.2 Å². The van der Waals surface area contributed by atoms with E-state index < -0.39 is 5.97 Å². The Hall–Kier alpha value is -2.24. The quantitative estimate of drug-likeness (QED) is 0.674. The smallest absolute Gasteiger partial charge is 0.337 e. The Labute approximate surface area is 105 Å². The number of nitrogens with one attached hydrogen (secondary N) is 1. The van der Waals surface area contributed by atoms with Gasteiger partial charge in [0.15, 0.2) is 0 Å². The van der Waals surface area contributed by atoms with Crippen molar-refractivity contribution in [3.63, 3.8) is 0 Å². The van der Waals surface area contributed by atoms with Gasteiger partial charge in [-0.15, -0.1) is 0 Å². The second-order valence-corrected chi connectivity index (χ2v) is 4.07. The molecule has 6 nitrogen and oxygen atoms in total. The van der Waals surface area contributed by atoms with Crippen LogP contribution in [-0.4, -0.2) is 42.5 Å². The number of amides is 1. The summed E-state index contributed by atoms with van der Waals surface area (Å²) in [6, 6.07) is 4.61. The van der Waals surface area contributed by atoms with E-state index in [9.17, 15) is 9.59 Å². The van der Waals surface area contributed by atoms with Gasteiger partial charge in [0.2, 0.25) is 5.91 Å². The molecule has 0 aromatic heterocycles. The summed E-state index contributed by atoms with van der Waals surface area (Å²) in [5, 5.41) is 11.8. The highest BCUT2D eigenvalue weighted by atomic mass is 16.4. The van der Waals surface area contributed by atoms with Crippen LogP contribution in [0, 0.1) is 0 Å². The standard InChI is InChI=1S/C12H17N3O3/c1-15(2)11(16)5-6-14-8-3-4-9(12(17)18)10(13)7-8/h3-4,7,14H,5-6,13H2,1-2H3,(H,17,18). The number of carboxylic acids is 1. The Morgan fingerprint density at radius 1 is 1.39 bits per heavy atom. The van der Waals surface area contributed by atoms with Crippen LogP contribution >= 0.6 is 0 Å². The molecule has 1 rings (SSSR count). The Balaban J connectivity index is 2.57. The molecular weight excluding hydrogens is 234 g/mol. The molecule has 0 unspecified atom stereocenters. The number of carbonyl (C=O) groups excluding carboxylic acids is 1. The monoisotopic (exact) mass is 251 g/mol. The molecule has 0 saturated carbocycles. The number of benzene rings is 1. The van der Waals surface area contributed by atoms with E-state index in [0.29, 0.717) is 18.7 Å². The van der Waals surface area contributed by atoms with Crippen LogP contribution in [0.2, 0.25) is 0 Å². The lowest BCUT2D eigenvalue weighted by Gasteiger charge is -2.11. The van der Waals surface area contributed by atoms with Crippen LogP contribution < -0.4 is 11.1 Å². The molecule has 0 bridgehead atoms. The van der Waals surface area contributed by atoms with Gasteiger partial charge in [0, 0.05) is 38.4 Å². The zero-order valence-electron chi connectivity index (χ0n) is 10.4. The molecule has 0 aliphatic heterocycles. The van der Waals surface area contributed by atoms with E-state index in [1.165, 1.54) is 11.0 Å². The van der Waals surface area contributed by atoms with Crippen LogP contribution in [0.25, 0.3) is 0 Å². The normalized spacial score (nSPS) is 9.89. The molecule has 18 heavy (non-hydrogen) atoms. The summed E-state index contributed by atoms with van der Waals surface area (Å²) in [7, 11) is 3.39. The average Bonchev–Trinajstić information content (AvgIpc) is 2.28. The fourth-order valence-electron chi connectivity index (χ4n) is 1.40. The van der Waals surface area contributed by atoms with Crippen LogP contribution in [0.15, 0.2) is 18.2 Å². The lowest BCUT2D eigenvalue weighted by atomic mass is 10.1. The van der Waals surface area contributed by atoms with E-state index in [4.69, 9.17) is 10.8 Å². The van der Waals surface area contributed by atoms with Crippen molar-refractivity contribution in [2.45, 2.75) is 6.42 Å². The van der Waals surface area contributed by atoms with Gasteiger partial charge in [0.25, 0.3) is 0 Å². The van der Waals surface area contributed by atoms with Crippen molar-refractivity contribution in [1.82, 2.24) is 4.90 Å². The average molecular weight is 251 g/mol. The molecule has 1 aromatic rings. The van der Waals surface area contributed by atoms with Crippen molar-refractivity contribution in [2.75, 3.05) is 31.7 Å². The Bertz CT molecular complexity index is 458. The van der Waals surface area contributed by atoms with Crippen LogP contribution in [0.1, 0.15) is 16.8 Å². The predicted octanol–water partition coefficient (Wildman–Crippen LogP) is 0.857. The van der Waals surface area contributed by atoms with Crippen LogP contribution in [0.4, 0.5) is 11.4 Å². The van der Waals surface area contributed by atoms with Crippen molar-refractivity contribution in [2.24, 2.45) is 0 Å². The van der Waals surface area contributed by atoms with E-state index in [2.05, 4.69) is 5.32 Å². The van der Waals surface area contributed by atoms with Gasteiger partial charge < -0.3 is 21.1 Å². The minimum absolute atomic E-state index is 0.0256. The number of nitrogens with zero attached hydrogens (tertiary/aromatic N) is 1. The Morgan fingerprint density at radius 2 is 2.06 bits per heavy atom. The van der Waals surface area contributed by atoms with Gasteiger partial charge in [-0.2, -0.15) is 0 Å². The fourth-order valence-corrected chi connectivity index (χ4v) is 1.40. The summed E-state index contributed by atoms with van der Waals surface area (Å²) >= 11 is 0. The molecule has 6 heteroatoms. The van der Waals surface area contributed by atoms with Gasteiger partial charge >= 0.3 is 5.97 Å². The first-order chi connectivity index (χ1) is 8.41. The van der Waals surface area contributed by atoms with Gasteiger partial charge in [-0.1, -0.05) is 0 Å². The topological polar surface area (TPSA) is 95.7 Å². The highest BCUT2D eigenvalue weighted by Gasteiger charge is 2.08. The van der Waals surface area contributed by atoms with Crippen molar-refractivity contribution in [3.8, 4) is 0 Å². The third-order valence-corrected chi connectivity index (χ3v) is 2.45. The molecular formula is C12H17N3O3. The largest absolute Gasteiger partial charge is 0.478 e. The summed E-state index contributed by atoms with van der Waals surface area (Å²) < 4.78 is 0. The number of nitrogen functional groups attached to an aromatic ring is 1. The Kier molecular flexibility index (Phi) is 4.53. The molecule has 0 aliphatic rings. The van der Waals surface area contributed by atoms with Gasteiger partial charge in [-0.3, -0.25) is 4.79 Å². The van der Waals surface area contributed by atoms with E-state index in [0.717, 1.165) is 0 Å². The van der Waals surface area contributed by atoms with Crippen molar-refractivity contribution < 1.29 is 14.7 Å². The van der Waals surface area contributed by atoms with E-state index >= 15 is 0 Å². The van der Waals surface area contributed by atoms with Crippen LogP contribution in [0.3, 0.4) is 0 Å². The molecule has 0 saturated heterocycles. The first kappa shape index (κ1) is 13.8. The summed E-state index contributed by atoms with van der Waals surface area (Å²) in [5.74, 6) is -1.03. The van der Waals surface area contributed by atoms with Gasteiger partial charge in [0.05, 0.1) is 5.56 Å². The van der Waals surface area contributed by atoms with E-state index in [1.807, 2.05) is 0 Å². The minimum atomic E-state index is -1.05. The SMILES string of the molecule is CN(C)C(=O)CCNc1ccc(C(=O)O)c(N)c1. The molecule has 0 atom stereocenters. The third-order valence-electron chi connectivity index (χ3n) is 2.45. The number of hydrogen-bond donors (Lipinski definition) is 3. The summed E-state index contributed by atoms with van der Waals surface area (Å²) in [6.45, 7) is 0.475. The lowest BCUT2D eigenvalue weighted by molar-refractivity contribution is -0.128. The second kappa shape index (κ2) is 5.90. The van der Waals surface area contributed by atoms with Gasteiger partial charge in [-0.05, 0) is 18.2 Å². The number of aromatic carboxylic acids is 1. The fraction of sp³-hybridized carbons (Fsp3) is 0.333. The first-order valence-corrected chi connectivity index (χ1v) is 5.48. The number of anilines is 2. The van der Waals surface area contributed by atoms with Gasteiger partial charge in [-0.25, -0.2) is 4.79 Å². The van der Waals surface area contributed by atoms with Gasteiger partial charge in [0.1, 0.15) is 0 Å². The molecule has 1 amide bonds. The second-order valence-electron chi connectivity index (χ2n) is 4.07. The van der Waals surface area contributed by atoms with E-state index in [1.54, 1.807) is 26.2 Å². The highest BCUT2D eigenvalue weighted by Crippen LogP contribution is 2.17. The summed E-state index contributed by atoms with van der Waals surface area (Å²) in [6.07, 6.45) is 0.369. The van der Waals surface area contributed by atoms with Crippen LogP contribution in [-0.2, 0) is 4.79 Å². The number of hydrogen-bond acceptors (Lipinski definition) is 4. The highest BCUT2D eigenvalue weighted by molar-refractivity contribution is 5.94. The molecule has 0 radical (unpaired) electrons. The third kappa shape index (κ3) is 3.65. The summed E-state index contributed by atoms with van der Waals surface area (Å²) in [5.41, 5.74) is 6.58. The van der Waals surface area contributed by atoms with Crippen molar-refractivity contribution in [3.05, 3.63) is 23.8 Å². The predicted molar refractivity (Wildman–Crippen MR) is 69.6 cm³/mol. The zero-order valence-corrected chi connectivity index (χ0v) is 10.4. The van der Waals surface area contributed by atoms with Crippen LogP contribution in [0.5, 0.6) is 0 Å². The first-order valence-electron chi connectivity index (χ1n) is 5.48. The molecule has 98 valence electrons. The minimum Gasteiger partial charge on any atom is -0.478 e.